The molecule has 0 atom stereocenters. The lowest BCUT2D eigenvalue weighted by Crippen LogP contribution is -2.19. The van der Waals surface area contributed by atoms with Gasteiger partial charge in [-0.3, -0.25) is 4.79 Å². The molecule has 8 heteroatoms. The minimum absolute atomic E-state index is 0.000280. The number of nitrogens with one attached hydrogen (secondary N) is 1. The number of benzene rings is 3. The van der Waals surface area contributed by atoms with Gasteiger partial charge in [0.1, 0.15) is 12.4 Å². The normalized spacial score (nSPS) is 15.7. The van der Waals surface area contributed by atoms with E-state index in [0.29, 0.717) is 32.7 Å². The van der Waals surface area contributed by atoms with Crippen molar-refractivity contribution in [2.24, 2.45) is 4.99 Å². The molecule has 4 rings (SSSR count). The topological polar surface area (TPSA) is 59.9 Å². The molecule has 0 unspecified atom stereocenters. The lowest BCUT2D eigenvalue weighted by molar-refractivity contribution is -0.115. The lowest BCUT2D eigenvalue weighted by Gasteiger charge is -2.14. The summed E-state index contributed by atoms with van der Waals surface area (Å²) in [7, 11) is 1.49. The number of carbonyl (C=O) groups is 1. The number of halogens is 2. The number of nitrogens with zero attached hydrogens (tertiary/aromatic N) is 1. The Morgan fingerprint density at radius 2 is 1.91 bits per heavy atom. The molecule has 1 fully saturated rings. The summed E-state index contributed by atoms with van der Waals surface area (Å²) in [4.78, 5) is 17.4. The van der Waals surface area contributed by atoms with E-state index >= 15 is 0 Å². The lowest BCUT2D eigenvalue weighted by atomic mass is 10.1. The van der Waals surface area contributed by atoms with Crippen LogP contribution in [0.15, 0.2) is 70.6 Å². The number of thioether (sulfide) groups is 1. The van der Waals surface area contributed by atoms with Crippen LogP contribution in [-0.4, -0.2) is 18.2 Å². The smallest absolute Gasteiger partial charge is 0.264 e. The second-order valence-electron chi connectivity index (χ2n) is 7.23. The number of carbonyl (C=O) groups excluding carboxylic acids is 1. The number of hydrogen-bond donors (Lipinski definition) is 1. The third-order valence-corrected chi connectivity index (χ3v) is 5.99. The summed E-state index contributed by atoms with van der Waals surface area (Å²) < 4.78 is 25.1. The van der Waals surface area contributed by atoms with Crippen LogP contribution in [0, 0.1) is 12.7 Å². The highest BCUT2D eigenvalue weighted by molar-refractivity contribution is 8.18. The monoisotopic (exact) mass is 482 g/mol. The fourth-order valence-corrected chi connectivity index (χ4v) is 4.21. The van der Waals surface area contributed by atoms with Crippen LogP contribution in [0.25, 0.3) is 6.08 Å². The van der Waals surface area contributed by atoms with Crippen LogP contribution in [0.5, 0.6) is 11.5 Å². The van der Waals surface area contributed by atoms with Crippen molar-refractivity contribution in [1.29, 1.82) is 0 Å². The molecule has 0 aliphatic carbocycles. The molecule has 0 saturated carbocycles. The van der Waals surface area contributed by atoms with Crippen LogP contribution >= 0.6 is 23.4 Å². The van der Waals surface area contributed by atoms with Crippen molar-refractivity contribution < 1.29 is 18.7 Å². The maximum absolute atomic E-state index is 13.9. The molecule has 1 aliphatic heterocycles. The van der Waals surface area contributed by atoms with Gasteiger partial charge < -0.3 is 14.8 Å². The largest absolute Gasteiger partial charge is 0.493 e. The Kier molecular flexibility index (Phi) is 7.01. The Morgan fingerprint density at radius 1 is 1.15 bits per heavy atom. The molecule has 3 aromatic rings. The van der Waals surface area contributed by atoms with Gasteiger partial charge in [0.15, 0.2) is 16.7 Å². The van der Waals surface area contributed by atoms with Gasteiger partial charge in [0.2, 0.25) is 0 Å². The van der Waals surface area contributed by atoms with Crippen molar-refractivity contribution in [3.05, 3.63) is 93.1 Å². The van der Waals surface area contributed by atoms with Crippen LogP contribution in [0.1, 0.15) is 16.7 Å². The van der Waals surface area contributed by atoms with E-state index in [1.54, 1.807) is 36.4 Å². The quantitative estimate of drug-likeness (QED) is 0.421. The Balaban J connectivity index is 1.54. The van der Waals surface area contributed by atoms with Crippen LogP contribution in [0.4, 0.5) is 10.1 Å². The number of amides is 1. The van der Waals surface area contributed by atoms with E-state index in [1.807, 2.05) is 31.2 Å². The molecular formula is C25H20ClFN2O3S. The van der Waals surface area contributed by atoms with E-state index in [4.69, 9.17) is 21.1 Å². The Bertz CT molecular complexity index is 1260. The average Bonchev–Trinajstić information content (AvgIpc) is 3.13. The van der Waals surface area contributed by atoms with E-state index < -0.39 is 0 Å². The molecule has 1 aliphatic rings. The van der Waals surface area contributed by atoms with Gasteiger partial charge in [0.25, 0.3) is 5.91 Å². The number of methoxy groups -OCH3 is 1. The van der Waals surface area contributed by atoms with Gasteiger partial charge in [-0.1, -0.05) is 47.5 Å². The minimum Gasteiger partial charge on any atom is -0.493 e. The van der Waals surface area contributed by atoms with Gasteiger partial charge >= 0.3 is 0 Å². The van der Waals surface area contributed by atoms with Crippen molar-refractivity contribution in [1.82, 2.24) is 5.32 Å². The highest BCUT2D eigenvalue weighted by Crippen LogP contribution is 2.38. The summed E-state index contributed by atoms with van der Waals surface area (Å²) in [6.07, 6.45) is 1.70. The zero-order chi connectivity index (χ0) is 23.4. The molecular weight excluding hydrogens is 463 g/mol. The molecule has 1 amide bonds. The van der Waals surface area contributed by atoms with Crippen LogP contribution < -0.4 is 14.8 Å². The molecule has 5 nitrogen and oxygen atoms in total. The molecule has 1 saturated heterocycles. The maximum atomic E-state index is 13.9. The molecule has 3 aromatic carbocycles. The molecule has 168 valence electrons. The number of hydrogen-bond acceptors (Lipinski definition) is 5. The summed E-state index contributed by atoms with van der Waals surface area (Å²) in [5.41, 5.74) is 2.95. The summed E-state index contributed by atoms with van der Waals surface area (Å²) in [5.74, 6) is 0.0690. The number of aliphatic imine (C=N–C) groups is 1. The molecule has 0 spiro atoms. The molecule has 1 heterocycles. The summed E-state index contributed by atoms with van der Waals surface area (Å²) in [6, 6.07) is 17.4. The van der Waals surface area contributed by atoms with Gasteiger partial charge in [-0.15, -0.1) is 0 Å². The van der Waals surface area contributed by atoms with Gasteiger partial charge in [-0.2, -0.15) is 0 Å². The standard InChI is InChI=1S/C25H20ClFN2O3S/c1-15-7-9-18(10-8-15)28-25-29-24(30)22(33-25)13-16-11-19(26)23(21(12-16)31-2)32-14-17-5-3-4-6-20(17)27/h3-13H,14H2,1-2H3,(H,28,29,30). The highest BCUT2D eigenvalue weighted by atomic mass is 35.5. The van der Waals surface area contributed by atoms with Crippen molar-refractivity contribution in [3.8, 4) is 11.5 Å². The van der Waals surface area contributed by atoms with Crippen molar-refractivity contribution in [2.45, 2.75) is 13.5 Å². The Labute approximate surface area is 200 Å². The Hall–Kier alpha value is -3.29. The zero-order valence-electron chi connectivity index (χ0n) is 17.9. The number of amidine groups is 1. The first kappa shape index (κ1) is 22.9. The van der Waals surface area contributed by atoms with E-state index in [0.717, 1.165) is 11.3 Å². The van der Waals surface area contributed by atoms with Gasteiger partial charge in [-0.25, -0.2) is 9.38 Å². The SMILES string of the molecule is COc1cc(C=C2SC(=Nc3ccc(C)cc3)NC2=O)cc(Cl)c1OCc1ccccc1F. The number of ether oxygens (including phenoxy) is 2. The third-order valence-electron chi connectivity index (χ3n) is 4.79. The van der Waals surface area contributed by atoms with Gasteiger partial charge in [0.05, 0.1) is 22.7 Å². The molecule has 0 radical (unpaired) electrons. The summed E-state index contributed by atoms with van der Waals surface area (Å²) >= 11 is 7.67. The van der Waals surface area contributed by atoms with Crippen LogP contribution in [0.3, 0.4) is 0 Å². The van der Waals surface area contributed by atoms with Crippen molar-refractivity contribution in [2.75, 3.05) is 7.11 Å². The first-order valence-electron chi connectivity index (χ1n) is 10.0. The molecule has 0 aromatic heterocycles. The number of aryl methyl sites for hydroxylation is 1. The summed E-state index contributed by atoms with van der Waals surface area (Å²) in [5, 5.41) is 3.55. The minimum atomic E-state index is -0.360. The summed E-state index contributed by atoms with van der Waals surface area (Å²) in [6.45, 7) is 2.00. The van der Waals surface area contributed by atoms with Gasteiger partial charge in [-0.05, 0) is 60.7 Å². The third kappa shape index (κ3) is 5.56. The fourth-order valence-electron chi connectivity index (χ4n) is 3.10. The van der Waals surface area contributed by atoms with E-state index in [2.05, 4.69) is 10.3 Å². The maximum Gasteiger partial charge on any atom is 0.264 e. The Morgan fingerprint density at radius 3 is 2.64 bits per heavy atom. The first-order valence-corrected chi connectivity index (χ1v) is 11.2. The molecule has 1 N–H and O–H groups in total. The van der Waals surface area contributed by atoms with Crippen molar-refractivity contribution in [3.63, 3.8) is 0 Å². The second-order valence-corrected chi connectivity index (χ2v) is 8.67. The number of rotatable bonds is 6. The molecule has 33 heavy (non-hydrogen) atoms. The van der Waals surface area contributed by atoms with E-state index in [9.17, 15) is 9.18 Å². The van der Waals surface area contributed by atoms with E-state index in [-0.39, 0.29) is 23.4 Å². The predicted molar refractivity (Wildman–Crippen MR) is 131 cm³/mol. The second kappa shape index (κ2) is 10.1. The molecule has 0 bridgehead atoms. The van der Waals surface area contributed by atoms with E-state index in [1.165, 1.54) is 24.9 Å². The first-order chi connectivity index (χ1) is 15.9. The average molecular weight is 483 g/mol. The van der Waals surface area contributed by atoms with Crippen LogP contribution in [-0.2, 0) is 11.4 Å². The predicted octanol–water partition coefficient (Wildman–Crippen LogP) is 6.27. The highest BCUT2D eigenvalue weighted by Gasteiger charge is 2.24. The van der Waals surface area contributed by atoms with Crippen LogP contribution in [0.2, 0.25) is 5.02 Å². The zero-order valence-corrected chi connectivity index (χ0v) is 19.5. The fraction of sp³-hybridized carbons (Fsp3) is 0.120. The van der Waals surface area contributed by atoms with Crippen molar-refractivity contribution >= 4 is 46.2 Å². The van der Waals surface area contributed by atoms with Gasteiger partial charge in [0, 0.05) is 5.56 Å².